The van der Waals surface area contributed by atoms with Crippen LogP contribution in [-0.4, -0.2) is 55.2 Å². The van der Waals surface area contributed by atoms with Crippen LogP contribution >= 0.6 is 0 Å². The van der Waals surface area contributed by atoms with Gasteiger partial charge in [-0.15, -0.1) is 0 Å². The van der Waals surface area contributed by atoms with Gasteiger partial charge in [0.25, 0.3) is 11.7 Å². The zero-order valence-corrected chi connectivity index (χ0v) is 16.8. The number of nitrogens with zero attached hydrogens (tertiary/aromatic N) is 1. The van der Waals surface area contributed by atoms with Crippen molar-refractivity contribution in [3.05, 3.63) is 53.0 Å². The first-order chi connectivity index (χ1) is 14.5. The van der Waals surface area contributed by atoms with Gasteiger partial charge in [-0.1, -0.05) is 0 Å². The minimum absolute atomic E-state index is 0.0107. The Labute approximate surface area is 173 Å². The molecular weight excluding hydrogens is 390 g/mol. The second-order valence-corrected chi connectivity index (χ2v) is 7.15. The largest absolute Gasteiger partial charge is 0.507 e. The molecule has 2 aliphatic heterocycles. The molecule has 1 amide bonds. The predicted molar refractivity (Wildman–Crippen MR) is 106 cm³/mol. The number of carbonyl (C=O) groups excluding carboxylic acids is 2. The molecular formula is C22H23NO7. The van der Waals surface area contributed by atoms with Gasteiger partial charge in [0.05, 0.1) is 5.57 Å². The highest BCUT2D eigenvalue weighted by molar-refractivity contribution is 6.46. The van der Waals surface area contributed by atoms with Gasteiger partial charge in [0.2, 0.25) is 0 Å². The maximum absolute atomic E-state index is 12.9. The molecule has 1 saturated heterocycles. The molecule has 1 aromatic carbocycles. The number of furan rings is 1. The van der Waals surface area contributed by atoms with E-state index in [1.165, 1.54) is 4.90 Å². The fourth-order valence-corrected chi connectivity index (χ4v) is 3.73. The van der Waals surface area contributed by atoms with E-state index in [2.05, 4.69) is 0 Å². The van der Waals surface area contributed by atoms with Crippen molar-refractivity contribution in [2.45, 2.75) is 19.4 Å². The van der Waals surface area contributed by atoms with Crippen LogP contribution in [-0.2, 0) is 14.3 Å². The summed E-state index contributed by atoms with van der Waals surface area (Å²) >= 11 is 0. The molecule has 8 nitrogen and oxygen atoms in total. The van der Waals surface area contributed by atoms with E-state index in [4.69, 9.17) is 18.6 Å². The summed E-state index contributed by atoms with van der Waals surface area (Å²) in [7, 11) is 1.57. The van der Waals surface area contributed by atoms with Crippen molar-refractivity contribution in [3.63, 3.8) is 0 Å². The number of hydrogen-bond acceptors (Lipinski definition) is 7. The minimum Gasteiger partial charge on any atom is -0.507 e. The second-order valence-electron chi connectivity index (χ2n) is 7.15. The summed E-state index contributed by atoms with van der Waals surface area (Å²) in [5.74, 6) is 0.401. The lowest BCUT2D eigenvalue weighted by Gasteiger charge is -2.23. The summed E-state index contributed by atoms with van der Waals surface area (Å²) in [4.78, 5) is 27.1. The molecule has 3 heterocycles. The first kappa shape index (κ1) is 20.0. The van der Waals surface area contributed by atoms with Crippen LogP contribution in [0.1, 0.15) is 29.5 Å². The van der Waals surface area contributed by atoms with Crippen molar-refractivity contribution in [3.8, 4) is 11.5 Å². The minimum atomic E-state index is -0.816. The number of Topliss-reactive ketones (excluding diaryl/α,β-unsaturated/α-hetero) is 1. The molecule has 30 heavy (non-hydrogen) atoms. The fraction of sp³-hybridized carbons (Fsp3) is 0.364. The van der Waals surface area contributed by atoms with Crippen molar-refractivity contribution in [1.29, 1.82) is 0 Å². The molecule has 0 saturated carbocycles. The number of hydrogen-bond donors (Lipinski definition) is 1. The normalized spacial score (nSPS) is 20.1. The van der Waals surface area contributed by atoms with Gasteiger partial charge >= 0.3 is 0 Å². The third-order valence-electron chi connectivity index (χ3n) is 5.13. The first-order valence-electron chi connectivity index (χ1n) is 9.75. The molecule has 0 spiro atoms. The molecule has 4 rings (SSSR count). The molecule has 0 aliphatic carbocycles. The van der Waals surface area contributed by atoms with Crippen LogP contribution in [0.15, 0.2) is 40.3 Å². The van der Waals surface area contributed by atoms with Crippen LogP contribution in [0.3, 0.4) is 0 Å². The van der Waals surface area contributed by atoms with Crippen LogP contribution in [0, 0.1) is 6.92 Å². The Morgan fingerprint density at radius 3 is 2.63 bits per heavy atom. The van der Waals surface area contributed by atoms with E-state index >= 15 is 0 Å². The van der Waals surface area contributed by atoms with Crippen molar-refractivity contribution in [2.75, 3.05) is 33.5 Å². The molecule has 158 valence electrons. The van der Waals surface area contributed by atoms with Gasteiger partial charge in [-0.2, -0.15) is 0 Å². The summed E-state index contributed by atoms with van der Waals surface area (Å²) < 4.78 is 21.9. The Kier molecular flexibility index (Phi) is 5.50. The molecule has 0 radical (unpaired) electrons. The Balaban J connectivity index is 1.78. The highest BCUT2D eigenvalue weighted by atomic mass is 16.6. The third-order valence-corrected chi connectivity index (χ3v) is 5.13. The highest BCUT2D eigenvalue weighted by Crippen LogP contribution is 2.41. The number of methoxy groups -OCH3 is 1. The lowest BCUT2D eigenvalue weighted by molar-refractivity contribution is -0.140. The van der Waals surface area contributed by atoms with Gasteiger partial charge in [-0.05, 0) is 43.7 Å². The highest BCUT2D eigenvalue weighted by Gasteiger charge is 2.47. The molecule has 2 aromatic rings. The Hall–Kier alpha value is -3.26. The maximum Gasteiger partial charge on any atom is 0.295 e. The molecule has 0 unspecified atom stereocenters. The molecule has 1 fully saturated rings. The number of benzene rings is 1. The van der Waals surface area contributed by atoms with E-state index in [-0.39, 0.29) is 11.3 Å². The van der Waals surface area contributed by atoms with Crippen molar-refractivity contribution in [1.82, 2.24) is 4.90 Å². The third kappa shape index (κ3) is 3.54. The first-order valence-corrected chi connectivity index (χ1v) is 9.75. The van der Waals surface area contributed by atoms with Crippen molar-refractivity contribution < 1.29 is 33.3 Å². The number of rotatable bonds is 6. The number of amides is 1. The zero-order valence-electron chi connectivity index (χ0n) is 16.8. The van der Waals surface area contributed by atoms with Crippen LogP contribution in [0.4, 0.5) is 0 Å². The van der Waals surface area contributed by atoms with Crippen LogP contribution in [0.5, 0.6) is 11.5 Å². The zero-order chi connectivity index (χ0) is 21.3. The van der Waals surface area contributed by atoms with Crippen molar-refractivity contribution in [2.24, 2.45) is 0 Å². The summed E-state index contributed by atoms with van der Waals surface area (Å²) in [5.41, 5.74) is 0.353. The summed E-state index contributed by atoms with van der Waals surface area (Å²) in [6.45, 7) is 3.35. The maximum atomic E-state index is 12.9. The Morgan fingerprint density at radius 1 is 1.17 bits per heavy atom. The number of aryl methyl sites for hydroxylation is 1. The summed E-state index contributed by atoms with van der Waals surface area (Å²) in [6, 6.07) is 7.56. The lowest BCUT2D eigenvalue weighted by atomic mass is 9.99. The quantitative estimate of drug-likeness (QED) is 0.336. The van der Waals surface area contributed by atoms with Gasteiger partial charge in [0.1, 0.15) is 36.5 Å². The molecule has 1 aromatic heterocycles. The number of ether oxygens (including phenoxy) is 3. The number of carbonyl (C=O) groups is 2. The Bertz CT molecular complexity index is 1010. The average Bonchev–Trinajstić information content (AvgIpc) is 3.29. The topological polar surface area (TPSA) is 98.4 Å². The monoisotopic (exact) mass is 413 g/mol. The van der Waals surface area contributed by atoms with E-state index in [1.54, 1.807) is 44.4 Å². The van der Waals surface area contributed by atoms with E-state index in [1.807, 2.05) is 0 Å². The van der Waals surface area contributed by atoms with Crippen LogP contribution in [0.2, 0.25) is 0 Å². The van der Waals surface area contributed by atoms with E-state index in [0.29, 0.717) is 61.4 Å². The van der Waals surface area contributed by atoms with Gasteiger partial charge in [0, 0.05) is 25.8 Å². The Morgan fingerprint density at radius 2 is 1.93 bits per heavy atom. The second kappa shape index (κ2) is 8.23. The van der Waals surface area contributed by atoms with Gasteiger partial charge in [0.15, 0.2) is 11.5 Å². The molecule has 0 bridgehead atoms. The number of likely N-dealkylation sites (tertiary alicyclic amines) is 1. The van der Waals surface area contributed by atoms with Crippen LogP contribution in [0.25, 0.3) is 5.76 Å². The SMILES string of the molecule is COCCCN1C(=O)C(=O)/C(=C(/O)c2ccc3c(c2)OCCO3)[C@H]1c1ccc(C)o1. The van der Waals surface area contributed by atoms with Crippen LogP contribution < -0.4 is 9.47 Å². The number of ketones is 1. The predicted octanol–water partition coefficient (Wildman–Crippen LogP) is 2.82. The van der Waals surface area contributed by atoms with Gasteiger partial charge in [-0.3, -0.25) is 9.59 Å². The summed E-state index contributed by atoms with van der Waals surface area (Å²) in [5, 5.41) is 11.1. The molecule has 8 heteroatoms. The number of aliphatic hydroxyl groups is 1. The van der Waals surface area contributed by atoms with Gasteiger partial charge in [-0.25, -0.2) is 0 Å². The lowest BCUT2D eigenvalue weighted by Crippen LogP contribution is -2.31. The fourth-order valence-electron chi connectivity index (χ4n) is 3.73. The average molecular weight is 413 g/mol. The van der Waals surface area contributed by atoms with E-state index in [9.17, 15) is 14.7 Å². The van der Waals surface area contributed by atoms with Gasteiger partial charge < -0.3 is 28.6 Å². The number of fused-ring (bicyclic) bond motifs is 1. The molecule has 1 atom stereocenters. The smallest absolute Gasteiger partial charge is 0.295 e. The van der Waals surface area contributed by atoms with Crippen molar-refractivity contribution >= 4 is 17.4 Å². The van der Waals surface area contributed by atoms with E-state index < -0.39 is 17.7 Å². The van der Waals surface area contributed by atoms with E-state index in [0.717, 1.165) is 0 Å². The molecule has 1 N–H and O–H groups in total. The molecule has 2 aliphatic rings. The number of aliphatic hydroxyl groups excluding tert-OH is 1. The standard InChI is InChI=1S/C22H23NO7/c1-13-4-6-16(30-13)19-18(21(25)22(26)23(19)8-3-9-27-2)20(24)14-5-7-15-17(12-14)29-11-10-28-15/h4-7,12,19,24H,3,8-11H2,1-2H3/b20-18+/t19-/m1/s1. The summed E-state index contributed by atoms with van der Waals surface area (Å²) in [6.07, 6.45) is 0.545.